The third kappa shape index (κ3) is 4.50. The Balaban J connectivity index is 1.68. The second-order valence-electron chi connectivity index (χ2n) is 7.29. The number of pyridine rings is 1. The molecule has 2 aromatic heterocycles. The Morgan fingerprint density at radius 2 is 1.67 bits per heavy atom. The number of fused-ring (bicyclic) bond motifs is 1. The molecule has 11 heteroatoms. The number of halogens is 3. The lowest BCUT2D eigenvalue weighted by Crippen LogP contribution is -2.22. The normalized spacial score (nSPS) is 12.3. The molecule has 0 aliphatic heterocycles. The van der Waals surface area contributed by atoms with Crippen LogP contribution in [0.3, 0.4) is 0 Å². The van der Waals surface area contributed by atoms with Gasteiger partial charge in [-0.25, -0.2) is 22.7 Å². The molecule has 4 aromatic rings. The van der Waals surface area contributed by atoms with Crippen LogP contribution in [0.25, 0.3) is 22.2 Å². The molecule has 0 fully saturated rings. The van der Waals surface area contributed by atoms with Gasteiger partial charge in [0.2, 0.25) is 10.0 Å². The standard InChI is InChI=1S/C22H18F3N5O2S/c1-30(2)33(31,32)16-8-6-15(7-9-16)29-21-17-10-5-14(12-19(17)27-13-28-21)20-18(22(23,24)25)4-3-11-26-20/h3-13H,1-2H3,(H,27,28,29). The summed E-state index contributed by atoms with van der Waals surface area (Å²) in [5.74, 6) is 0.423. The summed E-state index contributed by atoms with van der Waals surface area (Å²) >= 11 is 0. The van der Waals surface area contributed by atoms with E-state index >= 15 is 0 Å². The van der Waals surface area contributed by atoms with E-state index in [2.05, 4.69) is 20.3 Å². The largest absolute Gasteiger partial charge is 0.418 e. The molecule has 0 radical (unpaired) electrons. The van der Waals surface area contributed by atoms with Crippen molar-refractivity contribution in [2.24, 2.45) is 0 Å². The van der Waals surface area contributed by atoms with Crippen LogP contribution in [0.4, 0.5) is 24.7 Å². The van der Waals surface area contributed by atoms with E-state index in [9.17, 15) is 21.6 Å². The van der Waals surface area contributed by atoms with Crippen LogP contribution in [0.5, 0.6) is 0 Å². The fraction of sp³-hybridized carbons (Fsp3) is 0.136. The van der Waals surface area contributed by atoms with Crippen LogP contribution in [0, 0.1) is 0 Å². The summed E-state index contributed by atoms with van der Waals surface area (Å²) in [5.41, 5.74) is 0.275. The Labute approximate surface area is 188 Å². The fourth-order valence-corrected chi connectivity index (χ4v) is 4.13. The minimum Gasteiger partial charge on any atom is -0.340 e. The van der Waals surface area contributed by atoms with Crippen LogP contribution >= 0.6 is 0 Å². The first-order chi connectivity index (χ1) is 15.6. The molecule has 0 aliphatic rings. The molecular weight excluding hydrogens is 455 g/mol. The first kappa shape index (κ1) is 22.6. The maximum atomic E-state index is 13.4. The predicted molar refractivity (Wildman–Crippen MR) is 118 cm³/mol. The minimum atomic E-state index is -4.54. The number of alkyl halides is 3. The highest BCUT2D eigenvalue weighted by molar-refractivity contribution is 7.89. The number of rotatable bonds is 5. The summed E-state index contributed by atoms with van der Waals surface area (Å²) in [6.07, 6.45) is -1.94. The van der Waals surface area contributed by atoms with E-state index < -0.39 is 21.8 Å². The Bertz CT molecular complexity index is 1420. The van der Waals surface area contributed by atoms with Gasteiger partial charge in [-0.3, -0.25) is 4.98 Å². The molecule has 0 aliphatic carbocycles. The number of nitrogens with one attached hydrogen (secondary N) is 1. The molecule has 1 N–H and O–H groups in total. The number of hydrogen-bond donors (Lipinski definition) is 1. The maximum absolute atomic E-state index is 13.4. The smallest absolute Gasteiger partial charge is 0.340 e. The van der Waals surface area contributed by atoms with Crippen molar-refractivity contribution >= 4 is 32.4 Å². The number of aromatic nitrogens is 3. The molecule has 33 heavy (non-hydrogen) atoms. The van der Waals surface area contributed by atoms with Crippen molar-refractivity contribution in [3.8, 4) is 11.3 Å². The molecule has 0 unspecified atom stereocenters. The van der Waals surface area contributed by atoms with Crippen molar-refractivity contribution in [3.05, 3.63) is 72.7 Å². The molecule has 0 amide bonds. The number of sulfonamides is 1. The van der Waals surface area contributed by atoms with Crippen LogP contribution in [-0.4, -0.2) is 41.8 Å². The van der Waals surface area contributed by atoms with E-state index in [4.69, 9.17) is 0 Å². The van der Waals surface area contributed by atoms with Gasteiger partial charge >= 0.3 is 6.18 Å². The summed E-state index contributed by atoms with van der Waals surface area (Å²) < 4.78 is 65.7. The van der Waals surface area contributed by atoms with Crippen molar-refractivity contribution in [1.82, 2.24) is 19.3 Å². The SMILES string of the molecule is CN(C)S(=O)(=O)c1ccc(Nc2ncnc3cc(-c4ncccc4C(F)(F)F)ccc23)cc1. The highest BCUT2D eigenvalue weighted by Crippen LogP contribution is 2.36. The fourth-order valence-electron chi connectivity index (χ4n) is 3.23. The number of nitrogens with zero attached hydrogens (tertiary/aromatic N) is 4. The Hall–Kier alpha value is -3.57. The lowest BCUT2D eigenvalue weighted by Gasteiger charge is -2.14. The van der Waals surface area contributed by atoms with Crippen LogP contribution < -0.4 is 5.32 Å². The third-order valence-electron chi connectivity index (χ3n) is 4.92. The van der Waals surface area contributed by atoms with Crippen molar-refractivity contribution in [3.63, 3.8) is 0 Å². The quantitative estimate of drug-likeness (QED) is 0.452. The molecule has 2 aromatic carbocycles. The Morgan fingerprint density at radius 1 is 0.939 bits per heavy atom. The summed E-state index contributed by atoms with van der Waals surface area (Å²) in [5, 5.41) is 3.67. The second kappa shape index (κ2) is 8.41. The number of hydrogen-bond acceptors (Lipinski definition) is 6. The zero-order valence-electron chi connectivity index (χ0n) is 17.5. The van der Waals surface area contributed by atoms with Gasteiger partial charge in [0, 0.05) is 36.9 Å². The topological polar surface area (TPSA) is 88.1 Å². The highest BCUT2D eigenvalue weighted by Gasteiger charge is 2.34. The summed E-state index contributed by atoms with van der Waals surface area (Å²) in [7, 11) is -0.653. The lowest BCUT2D eigenvalue weighted by atomic mass is 10.0. The van der Waals surface area contributed by atoms with E-state index in [0.717, 1.165) is 10.4 Å². The molecule has 2 heterocycles. The molecule has 0 saturated heterocycles. The molecule has 0 saturated carbocycles. The molecule has 0 atom stereocenters. The number of anilines is 2. The van der Waals surface area contributed by atoms with Gasteiger partial charge in [0.15, 0.2) is 0 Å². The summed E-state index contributed by atoms with van der Waals surface area (Å²) in [6, 6.07) is 13.0. The molecule has 4 rings (SSSR count). The lowest BCUT2D eigenvalue weighted by molar-refractivity contribution is -0.137. The van der Waals surface area contributed by atoms with Crippen molar-refractivity contribution in [2.45, 2.75) is 11.1 Å². The van der Waals surface area contributed by atoms with E-state index in [1.165, 1.54) is 57.0 Å². The van der Waals surface area contributed by atoms with Crippen LogP contribution in [0.2, 0.25) is 0 Å². The van der Waals surface area contributed by atoms with Gasteiger partial charge in [0.25, 0.3) is 0 Å². The van der Waals surface area contributed by atoms with Gasteiger partial charge in [0.1, 0.15) is 12.1 Å². The van der Waals surface area contributed by atoms with Crippen molar-refractivity contribution < 1.29 is 21.6 Å². The summed E-state index contributed by atoms with van der Waals surface area (Å²) in [6.45, 7) is 0. The predicted octanol–water partition coefficient (Wildman–Crippen LogP) is 4.70. The zero-order valence-corrected chi connectivity index (χ0v) is 18.3. The van der Waals surface area contributed by atoms with Crippen molar-refractivity contribution in [2.75, 3.05) is 19.4 Å². The van der Waals surface area contributed by atoms with Crippen LogP contribution in [0.15, 0.2) is 72.0 Å². The Morgan fingerprint density at radius 3 is 2.33 bits per heavy atom. The average molecular weight is 473 g/mol. The van der Waals surface area contributed by atoms with Gasteiger partial charge in [-0.1, -0.05) is 6.07 Å². The van der Waals surface area contributed by atoms with Crippen LogP contribution in [-0.2, 0) is 16.2 Å². The van der Waals surface area contributed by atoms with E-state index in [0.29, 0.717) is 22.4 Å². The average Bonchev–Trinajstić information content (AvgIpc) is 2.78. The maximum Gasteiger partial charge on any atom is 0.418 e. The molecule has 0 bridgehead atoms. The van der Waals surface area contributed by atoms with Gasteiger partial charge in [0.05, 0.1) is 21.7 Å². The first-order valence-electron chi connectivity index (χ1n) is 9.64. The Kier molecular flexibility index (Phi) is 5.76. The summed E-state index contributed by atoms with van der Waals surface area (Å²) in [4.78, 5) is 12.5. The number of benzene rings is 2. The molecule has 7 nitrogen and oxygen atoms in total. The third-order valence-corrected chi connectivity index (χ3v) is 6.75. The van der Waals surface area contributed by atoms with Crippen molar-refractivity contribution in [1.29, 1.82) is 0 Å². The molecule has 0 spiro atoms. The molecule has 170 valence electrons. The van der Waals surface area contributed by atoms with Gasteiger partial charge in [-0.2, -0.15) is 13.2 Å². The van der Waals surface area contributed by atoms with Gasteiger partial charge < -0.3 is 5.32 Å². The molecular formula is C22H18F3N5O2S. The van der Waals surface area contributed by atoms with E-state index in [1.54, 1.807) is 18.2 Å². The first-order valence-corrected chi connectivity index (χ1v) is 11.1. The van der Waals surface area contributed by atoms with Crippen LogP contribution in [0.1, 0.15) is 5.56 Å². The van der Waals surface area contributed by atoms with Gasteiger partial charge in [-0.05, 0) is 48.5 Å². The minimum absolute atomic E-state index is 0.145. The zero-order chi connectivity index (χ0) is 23.8. The second-order valence-corrected chi connectivity index (χ2v) is 9.44. The highest BCUT2D eigenvalue weighted by atomic mass is 32.2. The monoisotopic (exact) mass is 473 g/mol. The van der Waals surface area contributed by atoms with Gasteiger partial charge in [-0.15, -0.1) is 0 Å². The van der Waals surface area contributed by atoms with E-state index in [-0.39, 0.29) is 16.2 Å². The van der Waals surface area contributed by atoms with E-state index in [1.807, 2.05) is 0 Å².